The molecule has 1 aromatic heterocycles. The number of para-hydroxylation sites is 1. The van der Waals surface area contributed by atoms with Gasteiger partial charge in [-0.15, -0.1) is 0 Å². The van der Waals surface area contributed by atoms with Crippen molar-refractivity contribution in [1.29, 1.82) is 0 Å². The second kappa shape index (κ2) is 5.22. The fraction of sp³-hybridized carbons (Fsp3) is 0.167. The van der Waals surface area contributed by atoms with Crippen molar-refractivity contribution in [2.75, 3.05) is 11.9 Å². The molecule has 4 nitrogen and oxygen atoms in total. The summed E-state index contributed by atoms with van der Waals surface area (Å²) >= 11 is 0. The lowest BCUT2D eigenvalue weighted by molar-refractivity contribution is 0.206. The highest BCUT2D eigenvalue weighted by Crippen LogP contribution is 2.26. The number of carbonyl (C=O) groups is 1. The van der Waals surface area contributed by atoms with Crippen molar-refractivity contribution in [3.8, 4) is 0 Å². The zero-order valence-corrected chi connectivity index (χ0v) is 12.1. The molecule has 110 valence electrons. The minimum atomic E-state index is -0.0824. The molecule has 0 spiro atoms. The predicted octanol–water partition coefficient (Wildman–Crippen LogP) is 4.02. The molecule has 1 aliphatic heterocycles. The molecule has 2 amide bonds. The second-order valence-corrected chi connectivity index (χ2v) is 5.52. The van der Waals surface area contributed by atoms with Crippen LogP contribution in [-0.4, -0.2) is 17.5 Å². The maximum atomic E-state index is 12.5. The van der Waals surface area contributed by atoms with Crippen molar-refractivity contribution in [3.63, 3.8) is 0 Å². The van der Waals surface area contributed by atoms with Gasteiger partial charge < -0.3 is 14.6 Å². The molecule has 2 heterocycles. The molecule has 3 aromatic rings. The van der Waals surface area contributed by atoms with E-state index in [4.69, 9.17) is 4.42 Å². The number of nitrogens with one attached hydrogen (secondary N) is 1. The van der Waals surface area contributed by atoms with Crippen LogP contribution < -0.4 is 5.32 Å². The Bertz CT molecular complexity index is 838. The third-order valence-electron chi connectivity index (χ3n) is 4.14. The molecule has 0 saturated heterocycles. The zero-order valence-electron chi connectivity index (χ0n) is 12.1. The van der Waals surface area contributed by atoms with E-state index >= 15 is 0 Å². The molecule has 4 heteroatoms. The standard InChI is InChI=1S/C18H16N2O2/c21-18(19-16-12-22-17-8-4-3-7-15(16)17)20-10-9-13-5-1-2-6-14(13)11-20/h1-8,12H,9-11H2,(H,19,21). The Morgan fingerprint density at radius 2 is 1.82 bits per heavy atom. The SMILES string of the molecule is O=C(Nc1coc2ccccc12)N1CCc2ccccc2C1. The summed E-state index contributed by atoms with van der Waals surface area (Å²) in [5.74, 6) is 0. The van der Waals surface area contributed by atoms with Crippen LogP contribution in [-0.2, 0) is 13.0 Å². The van der Waals surface area contributed by atoms with Gasteiger partial charge in [0, 0.05) is 18.5 Å². The minimum absolute atomic E-state index is 0.0824. The van der Waals surface area contributed by atoms with Gasteiger partial charge in [-0.3, -0.25) is 0 Å². The van der Waals surface area contributed by atoms with Crippen LogP contribution in [0.3, 0.4) is 0 Å². The molecule has 2 aromatic carbocycles. The lowest BCUT2D eigenvalue weighted by Gasteiger charge is -2.28. The maximum Gasteiger partial charge on any atom is 0.322 e. The van der Waals surface area contributed by atoms with Crippen molar-refractivity contribution in [2.45, 2.75) is 13.0 Å². The van der Waals surface area contributed by atoms with Crippen LogP contribution in [0, 0.1) is 0 Å². The molecule has 1 N–H and O–H groups in total. The number of benzene rings is 2. The summed E-state index contributed by atoms with van der Waals surface area (Å²) < 4.78 is 5.46. The maximum absolute atomic E-state index is 12.5. The third-order valence-corrected chi connectivity index (χ3v) is 4.14. The number of urea groups is 1. The fourth-order valence-corrected chi connectivity index (χ4v) is 2.94. The number of hydrogen-bond donors (Lipinski definition) is 1. The summed E-state index contributed by atoms with van der Waals surface area (Å²) in [6.45, 7) is 1.39. The number of furan rings is 1. The first-order chi connectivity index (χ1) is 10.8. The summed E-state index contributed by atoms with van der Waals surface area (Å²) in [5.41, 5.74) is 4.06. The van der Waals surface area contributed by atoms with E-state index in [1.54, 1.807) is 6.26 Å². The lowest BCUT2D eigenvalue weighted by Crippen LogP contribution is -2.38. The Hall–Kier alpha value is -2.75. The highest BCUT2D eigenvalue weighted by atomic mass is 16.3. The topological polar surface area (TPSA) is 45.5 Å². The minimum Gasteiger partial charge on any atom is -0.462 e. The third kappa shape index (κ3) is 2.22. The van der Waals surface area contributed by atoms with E-state index in [0.29, 0.717) is 6.54 Å². The van der Waals surface area contributed by atoms with Crippen molar-refractivity contribution < 1.29 is 9.21 Å². The van der Waals surface area contributed by atoms with Crippen LogP contribution in [0.5, 0.6) is 0 Å². The van der Waals surface area contributed by atoms with Crippen molar-refractivity contribution in [1.82, 2.24) is 4.90 Å². The molecule has 0 atom stereocenters. The van der Waals surface area contributed by atoms with Gasteiger partial charge >= 0.3 is 6.03 Å². The van der Waals surface area contributed by atoms with E-state index in [-0.39, 0.29) is 6.03 Å². The zero-order chi connectivity index (χ0) is 14.9. The van der Waals surface area contributed by atoms with Crippen LogP contribution in [0.1, 0.15) is 11.1 Å². The monoisotopic (exact) mass is 292 g/mol. The van der Waals surface area contributed by atoms with E-state index in [1.807, 2.05) is 41.3 Å². The number of amides is 2. The van der Waals surface area contributed by atoms with Gasteiger partial charge in [-0.05, 0) is 29.7 Å². The first-order valence-electron chi connectivity index (χ1n) is 7.40. The van der Waals surface area contributed by atoms with Gasteiger partial charge in [-0.1, -0.05) is 36.4 Å². The molecular formula is C18H16N2O2. The Morgan fingerprint density at radius 3 is 2.73 bits per heavy atom. The first kappa shape index (κ1) is 13.0. The highest BCUT2D eigenvalue weighted by molar-refractivity contribution is 6.00. The van der Waals surface area contributed by atoms with Gasteiger partial charge in [-0.25, -0.2) is 4.79 Å². The number of carbonyl (C=O) groups excluding carboxylic acids is 1. The van der Waals surface area contributed by atoms with Gasteiger partial charge in [0.05, 0.1) is 5.69 Å². The van der Waals surface area contributed by atoms with E-state index in [2.05, 4.69) is 17.4 Å². The quantitative estimate of drug-likeness (QED) is 0.736. The summed E-state index contributed by atoms with van der Waals surface area (Å²) in [7, 11) is 0. The van der Waals surface area contributed by atoms with E-state index < -0.39 is 0 Å². The molecule has 0 unspecified atom stereocenters. The Balaban J connectivity index is 1.54. The first-order valence-corrected chi connectivity index (χ1v) is 7.40. The fourth-order valence-electron chi connectivity index (χ4n) is 2.94. The molecule has 4 rings (SSSR count). The lowest BCUT2D eigenvalue weighted by atomic mass is 10.0. The largest absolute Gasteiger partial charge is 0.462 e. The molecule has 1 aliphatic rings. The van der Waals surface area contributed by atoms with Crippen molar-refractivity contribution >= 4 is 22.7 Å². The number of fused-ring (bicyclic) bond motifs is 2. The molecule has 0 saturated carbocycles. The van der Waals surface area contributed by atoms with Crippen molar-refractivity contribution in [2.24, 2.45) is 0 Å². The summed E-state index contributed by atoms with van der Waals surface area (Å²) in [6, 6.07) is 15.9. The van der Waals surface area contributed by atoms with E-state index in [0.717, 1.165) is 29.6 Å². The smallest absolute Gasteiger partial charge is 0.322 e. The van der Waals surface area contributed by atoms with Crippen LogP contribution >= 0.6 is 0 Å². The van der Waals surface area contributed by atoms with Crippen LogP contribution in [0.25, 0.3) is 11.0 Å². The molecular weight excluding hydrogens is 276 g/mol. The number of rotatable bonds is 1. The summed E-state index contributed by atoms with van der Waals surface area (Å²) in [4.78, 5) is 14.3. The molecule has 0 radical (unpaired) electrons. The van der Waals surface area contributed by atoms with E-state index in [9.17, 15) is 4.79 Å². The average molecular weight is 292 g/mol. The van der Waals surface area contributed by atoms with Gasteiger partial charge in [0.2, 0.25) is 0 Å². The van der Waals surface area contributed by atoms with Crippen LogP contribution in [0.15, 0.2) is 59.2 Å². The highest BCUT2D eigenvalue weighted by Gasteiger charge is 2.21. The average Bonchev–Trinajstić information content (AvgIpc) is 2.97. The summed E-state index contributed by atoms with van der Waals surface area (Å²) in [5, 5.41) is 3.88. The number of hydrogen-bond acceptors (Lipinski definition) is 2. The van der Waals surface area contributed by atoms with Crippen molar-refractivity contribution in [3.05, 3.63) is 65.9 Å². The van der Waals surface area contributed by atoms with E-state index in [1.165, 1.54) is 11.1 Å². The van der Waals surface area contributed by atoms with Gasteiger partial charge in [0.15, 0.2) is 0 Å². The summed E-state index contributed by atoms with van der Waals surface area (Å²) in [6.07, 6.45) is 2.50. The number of anilines is 1. The Morgan fingerprint density at radius 1 is 1.05 bits per heavy atom. The Kier molecular flexibility index (Phi) is 3.07. The molecule has 0 fully saturated rings. The van der Waals surface area contributed by atoms with Gasteiger partial charge in [-0.2, -0.15) is 0 Å². The van der Waals surface area contributed by atoms with Gasteiger partial charge in [0.25, 0.3) is 0 Å². The Labute approximate surface area is 128 Å². The second-order valence-electron chi connectivity index (χ2n) is 5.52. The van der Waals surface area contributed by atoms with Crippen LogP contribution in [0.2, 0.25) is 0 Å². The molecule has 0 bridgehead atoms. The molecule has 0 aliphatic carbocycles. The molecule has 22 heavy (non-hydrogen) atoms. The van der Waals surface area contributed by atoms with Gasteiger partial charge in [0.1, 0.15) is 11.8 Å². The van der Waals surface area contributed by atoms with Crippen LogP contribution in [0.4, 0.5) is 10.5 Å². The normalized spacial score (nSPS) is 13.9. The predicted molar refractivity (Wildman–Crippen MR) is 85.8 cm³/mol. The number of nitrogens with zero attached hydrogens (tertiary/aromatic N) is 1.